The lowest BCUT2D eigenvalue weighted by molar-refractivity contribution is -0.135. The maximum Gasteiger partial charge on any atom is 0.325 e. The molecule has 0 aliphatic heterocycles. The molecule has 0 saturated carbocycles. The second-order valence-corrected chi connectivity index (χ2v) is 2.70. The number of guanidine groups is 1. The first-order chi connectivity index (χ1) is 7.32. The van der Waals surface area contributed by atoms with Crippen LogP contribution in [0.15, 0.2) is 11.2 Å². The van der Waals surface area contributed by atoms with Crippen LogP contribution in [0.3, 0.4) is 0 Å². The summed E-state index contributed by atoms with van der Waals surface area (Å²) in [5, 5.41) is 16.6. The fraction of sp³-hybridized carbons (Fsp3) is 0.286. The highest BCUT2D eigenvalue weighted by Crippen LogP contribution is 2.06. The Kier molecular flexibility index (Phi) is 5.18. The quantitative estimate of drug-likeness (QED) is 0.291. The van der Waals surface area contributed by atoms with Crippen LogP contribution in [0.5, 0.6) is 5.88 Å². The van der Waals surface area contributed by atoms with Gasteiger partial charge in [-0.25, -0.2) is 4.99 Å². The maximum absolute atomic E-state index is 9.69. The van der Waals surface area contributed by atoms with Gasteiger partial charge in [-0.1, -0.05) is 0 Å². The first kappa shape index (κ1) is 13.5. The lowest BCUT2D eigenvalue weighted by atomic mass is 10.7. The number of nitrogens with zero attached hydrogens (tertiary/aromatic N) is 3. The Hall–Kier alpha value is -2.45. The molecule has 0 spiro atoms. The van der Waals surface area contributed by atoms with Crippen LogP contribution in [0.1, 0.15) is 0 Å². The Bertz CT molecular complexity index is 362. The second-order valence-electron chi connectivity index (χ2n) is 2.70. The van der Waals surface area contributed by atoms with Crippen LogP contribution in [-0.2, 0) is 11.8 Å². The molecular formula is C7H14N6O3. The summed E-state index contributed by atoms with van der Waals surface area (Å²) in [6, 6.07) is 0. The van der Waals surface area contributed by atoms with Gasteiger partial charge in [0.2, 0.25) is 11.8 Å². The third-order valence-corrected chi connectivity index (χ3v) is 1.30. The number of carboxylic acids is 1. The number of nitrogen functional groups attached to an aromatic ring is 1. The Labute approximate surface area is 91.2 Å². The Morgan fingerprint density at radius 2 is 2.19 bits per heavy atom. The van der Waals surface area contributed by atoms with Crippen molar-refractivity contribution in [3.8, 4) is 5.88 Å². The summed E-state index contributed by atoms with van der Waals surface area (Å²) in [5.74, 6) is -0.960. The summed E-state index contributed by atoms with van der Waals surface area (Å²) in [7, 11) is 1.71. The van der Waals surface area contributed by atoms with Crippen molar-refractivity contribution in [3.63, 3.8) is 0 Å². The molecule has 9 heteroatoms. The number of carbonyl (C=O) groups is 1. The van der Waals surface area contributed by atoms with Crippen LogP contribution in [-0.4, -0.2) is 38.2 Å². The summed E-state index contributed by atoms with van der Waals surface area (Å²) in [6.45, 7) is -0.359. The highest BCUT2D eigenvalue weighted by atomic mass is 16.4. The molecule has 0 aliphatic carbocycles. The number of hydrogen-bond donors (Lipinski definition) is 5. The number of aliphatic imine (C=N–C) groups is 1. The molecule has 0 radical (unpaired) electrons. The molecule has 1 heterocycles. The largest absolute Gasteiger partial charge is 0.492 e. The van der Waals surface area contributed by atoms with Gasteiger partial charge in [0, 0.05) is 7.05 Å². The molecule has 0 atom stereocenters. The molecule has 90 valence electrons. The molecule has 1 rings (SSSR count). The van der Waals surface area contributed by atoms with E-state index in [2.05, 4.69) is 9.98 Å². The van der Waals surface area contributed by atoms with E-state index >= 15 is 0 Å². The summed E-state index contributed by atoms with van der Waals surface area (Å²) < 4.78 is 1.54. The zero-order valence-corrected chi connectivity index (χ0v) is 8.66. The van der Waals surface area contributed by atoms with Gasteiger partial charge in [0.15, 0.2) is 5.96 Å². The van der Waals surface area contributed by atoms with Crippen LogP contribution in [0.2, 0.25) is 0 Å². The van der Waals surface area contributed by atoms with Gasteiger partial charge < -0.3 is 32.0 Å². The molecule has 0 amide bonds. The van der Waals surface area contributed by atoms with Gasteiger partial charge >= 0.3 is 5.97 Å². The van der Waals surface area contributed by atoms with Crippen molar-refractivity contribution in [1.29, 1.82) is 0 Å². The number of rotatable bonds is 2. The minimum atomic E-state index is -1.04. The molecule has 9 nitrogen and oxygen atoms in total. The molecule has 0 fully saturated rings. The van der Waals surface area contributed by atoms with Gasteiger partial charge in [-0.05, 0) is 0 Å². The van der Waals surface area contributed by atoms with Crippen LogP contribution >= 0.6 is 0 Å². The first-order valence-corrected chi connectivity index (χ1v) is 4.08. The third-order valence-electron chi connectivity index (χ3n) is 1.30. The summed E-state index contributed by atoms with van der Waals surface area (Å²) in [4.78, 5) is 16.4. The van der Waals surface area contributed by atoms with E-state index in [1.165, 1.54) is 10.8 Å². The molecular weight excluding hydrogens is 216 g/mol. The van der Waals surface area contributed by atoms with E-state index in [1.54, 1.807) is 7.05 Å². The van der Waals surface area contributed by atoms with Crippen molar-refractivity contribution in [1.82, 2.24) is 9.55 Å². The molecule has 0 unspecified atom stereocenters. The molecule has 0 aromatic carbocycles. The van der Waals surface area contributed by atoms with E-state index in [9.17, 15) is 4.79 Å². The van der Waals surface area contributed by atoms with E-state index in [-0.39, 0.29) is 18.4 Å². The second kappa shape index (κ2) is 6.11. The Morgan fingerprint density at radius 3 is 2.31 bits per heavy atom. The first-order valence-electron chi connectivity index (χ1n) is 4.08. The normalized spacial score (nSPS) is 8.81. The van der Waals surface area contributed by atoms with Crippen LogP contribution in [0, 0.1) is 0 Å². The van der Waals surface area contributed by atoms with Crippen LogP contribution in [0.4, 0.5) is 5.95 Å². The van der Waals surface area contributed by atoms with Crippen molar-refractivity contribution in [2.45, 2.75) is 0 Å². The van der Waals surface area contributed by atoms with Crippen LogP contribution < -0.4 is 17.2 Å². The van der Waals surface area contributed by atoms with Crippen molar-refractivity contribution >= 4 is 17.9 Å². The van der Waals surface area contributed by atoms with Crippen molar-refractivity contribution in [2.75, 3.05) is 12.3 Å². The van der Waals surface area contributed by atoms with Gasteiger partial charge in [0.05, 0.1) is 6.20 Å². The van der Waals surface area contributed by atoms with E-state index in [1.807, 2.05) is 0 Å². The third kappa shape index (κ3) is 6.07. The number of aromatic nitrogens is 2. The molecule has 8 N–H and O–H groups in total. The number of hydrogen-bond acceptors (Lipinski definition) is 5. The molecule has 16 heavy (non-hydrogen) atoms. The minimum Gasteiger partial charge on any atom is -0.492 e. The molecule has 0 bridgehead atoms. The number of nitrogens with two attached hydrogens (primary N) is 3. The highest BCUT2D eigenvalue weighted by molar-refractivity contribution is 5.79. The predicted octanol–water partition coefficient (Wildman–Crippen LogP) is -1.95. The number of aryl methyl sites for hydroxylation is 1. The molecule has 0 saturated heterocycles. The number of aliphatic carboxylic acids is 1. The fourth-order valence-corrected chi connectivity index (χ4v) is 0.623. The van der Waals surface area contributed by atoms with Gasteiger partial charge in [-0.2, -0.15) is 4.98 Å². The zero-order valence-electron chi connectivity index (χ0n) is 8.66. The van der Waals surface area contributed by atoms with Gasteiger partial charge in [-0.15, -0.1) is 0 Å². The van der Waals surface area contributed by atoms with E-state index in [0.717, 1.165) is 0 Å². The predicted molar refractivity (Wildman–Crippen MR) is 57.6 cm³/mol. The molecule has 1 aromatic rings. The lowest BCUT2D eigenvalue weighted by Crippen LogP contribution is -2.24. The number of aromatic hydroxyl groups is 1. The minimum absolute atomic E-state index is 0.0370. The van der Waals surface area contributed by atoms with Crippen LogP contribution in [0.25, 0.3) is 0 Å². The van der Waals surface area contributed by atoms with Gasteiger partial charge in [-0.3, -0.25) is 4.79 Å². The summed E-state index contributed by atoms with van der Waals surface area (Å²) in [5.41, 5.74) is 14.8. The molecule has 0 aliphatic rings. The summed E-state index contributed by atoms with van der Waals surface area (Å²) >= 11 is 0. The Balaban J connectivity index is 0.000000281. The van der Waals surface area contributed by atoms with E-state index in [0.29, 0.717) is 5.95 Å². The summed E-state index contributed by atoms with van der Waals surface area (Å²) in [6.07, 6.45) is 1.44. The van der Waals surface area contributed by atoms with Crippen molar-refractivity contribution < 1.29 is 15.0 Å². The molecule has 1 aromatic heterocycles. The standard InChI is InChI=1S/C4H7N3O.C3H7N3O2/c1-7-2-3(8)6-4(7)5;4-3(5)6-1-2(7)8/h2,8H,1H3,(H2,5,6);1H2,(H,7,8)(H4,4,5,6). The lowest BCUT2D eigenvalue weighted by Gasteiger charge is -1.86. The maximum atomic E-state index is 9.69. The SMILES string of the molecule is Cn1cc(O)nc1N.NC(N)=NCC(=O)O. The van der Waals surface area contributed by atoms with E-state index < -0.39 is 5.97 Å². The monoisotopic (exact) mass is 230 g/mol. The van der Waals surface area contributed by atoms with Gasteiger partial charge in [0.25, 0.3) is 0 Å². The topological polar surface area (TPSA) is 166 Å². The smallest absolute Gasteiger partial charge is 0.325 e. The number of imidazole rings is 1. The number of carboxylic acid groups (broad SMARTS) is 1. The van der Waals surface area contributed by atoms with Crippen molar-refractivity contribution in [3.05, 3.63) is 6.20 Å². The average Bonchev–Trinajstić information content (AvgIpc) is 2.42. The highest BCUT2D eigenvalue weighted by Gasteiger charge is 1.95. The average molecular weight is 230 g/mol. The zero-order chi connectivity index (χ0) is 12.7. The van der Waals surface area contributed by atoms with Gasteiger partial charge in [0.1, 0.15) is 6.54 Å². The van der Waals surface area contributed by atoms with Crippen molar-refractivity contribution in [2.24, 2.45) is 23.5 Å². The van der Waals surface area contributed by atoms with E-state index in [4.69, 9.17) is 27.4 Å². The Morgan fingerprint density at radius 1 is 1.62 bits per heavy atom. The fourth-order valence-electron chi connectivity index (χ4n) is 0.623. The number of anilines is 1.